The Morgan fingerprint density at radius 2 is 2.02 bits per heavy atom. The third-order valence-electron chi connectivity index (χ3n) is 7.88. The van der Waals surface area contributed by atoms with Gasteiger partial charge in [-0.2, -0.15) is 10.1 Å². The lowest BCUT2D eigenvalue weighted by Crippen LogP contribution is -3.09. The van der Waals surface area contributed by atoms with Gasteiger partial charge in [-0.15, -0.1) is 11.3 Å². The van der Waals surface area contributed by atoms with Crippen LogP contribution in [0.5, 0.6) is 0 Å². The molecule has 0 amide bonds. The number of rotatable bonds is 7. The average Bonchev–Trinajstić information content (AvgIpc) is 3.73. The van der Waals surface area contributed by atoms with Gasteiger partial charge in [0.25, 0.3) is 0 Å². The first-order chi connectivity index (χ1) is 20.5. The van der Waals surface area contributed by atoms with Crippen LogP contribution in [0.4, 0.5) is 17.5 Å². The summed E-state index contributed by atoms with van der Waals surface area (Å²) in [6, 6.07) is 11.3. The molecule has 0 spiro atoms. The number of aryl methyl sites for hydroxylation is 1. The number of benzene rings is 1. The van der Waals surface area contributed by atoms with Crippen LogP contribution in [0, 0.1) is 6.92 Å². The van der Waals surface area contributed by atoms with E-state index in [4.69, 9.17) is 9.15 Å². The zero-order valence-electron chi connectivity index (χ0n) is 23.2. The van der Waals surface area contributed by atoms with Gasteiger partial charge in [-0.05, 0) is 24.6 Å². The van der Waals surface area contributed by atoms with E-state index in [2.05, 4.69) is 25.3 Å². The minimum absolute atomic E-state index is 0.0279. The second-order valence-electron chi connectivity index (χ2n) is 10.8. The molecule has 7 rings (SSSR count). The van der Waals surface area contributed by atoms with Gasteiger partial charge in [0.2, 0.25) is 11.4 Å². The normalized spacial score (nSPS) is 19.0. The molecule has 0 saturated carbocycles. The molecule has 0 bridgehead atoms. The van der Waals surface area contributed by atoms with Gasteiger partial charge in [0, 0.05) is 66.2 Å². The number of fused-ring (bicyclic) bond motifs is 1. The van der Waals surface area contributed by atoms with Crippen molar-refractivity contribution < 1.29 is 19.2 Å². The van der Waals surface area contributed by atoms with Crippen LogP contribution in [0.25, 0.3) is 27.2 Å². The van der Waals surface area contributed by atoms with Gasteiger partial charge < -0.3 is 29.4 Å². The van der Waals surface area contributed by atoms with Gasteiger partial charge in [0.1, 0.15) is 23.9 Å². The standard InChI is InChI=1S/C30H31N7O4S/c1-19-21(15-35-9-7-23(38)17-35)16-37(34-19)26-6-8-31-30(33-26)32-22-4-2-20(3-5-22)24-18-42-29-25(39)14-27(41-28(24)29)36-10-12-40-13-11-36/h2-6,8,14,16,18,23,38H,7,9-13,15,17H2,1H3,(H,31,32,33)/p+1. The number of nitrogens with zero attached hydrogens (tertiary/aromatic N) is 5. The van der Waals surface area contributed by atoms with Crippen molar-refractivity contribution in [1.29, 1.82) is 0 Å². The summed E-state index contributed by atoms with van der Waals surface area (Å²) in [6.45, 7) is 7.22. The number of aliphatic hydroxyl groups is 1. The number of nitrogens with one attached hydrogen (secondary N) is 2. The summed E-state index contributed by atoms with van der Waals surface area (Å²) in [4.78, 5) is 25.3. The highest BCUT2D eigenvalue weighted by Crippen LogP contribution is 2.35. The maximum atomic E-state index is 12.8. The molecule has 2 saturated heterocycles. The Morgan fingerprint density at radius 1 is 1.19 bits per heavy atom. The van der Waals surface area contributed by atoms with E-state index < -0.39 is 0 Å². The molecule has 0 radical (unpaired) electrons. The molecule has 12 heteroatoms. The summed E-state index contributed by atoms with van der Waals surface area (Å²) in [6.07, 6.45) is 4.37. The lowest BCUT2D eigenvalue weighted by atomic mass is 10.1. The van der Waals surface area contributed by atoms with E-state index in [1.165, 1.54) is 16.2 Å². The molecule has 4 aromatic heterocycles. The molecular formula is C30H32N7O4S+. The van der Waals surface area contributed by atoms with Crippen molar-refractivity contribution >= 4 is 39.1 Å². The summed E-state index contributed by atoms with van der Waals surface area (Å²) < 4.78 is 14.1. The van der Waals surface area contributed by atoms with Crippen molar-refractivity contribution in [3.63, 3.8) is 0 Å². The number of hydrogen-bond donors (Lipinski definition) is 3. The van der Waals surface area contributed by atoms with Crippen LogP contribution in [0.15, 0.2) is 63.4 Å². The number of aromatic nitrogens is 4. The maximum Gasteiger partial charge on any atom is 0.229 e. The summed E-state index contributed by atoms with van der Waals surface area (Å²) in [5, 5.41) is 19.8. The number of anilines is 3. The Kier molecular flexibility index (Phi) is 7.20. The number of morpholine rings is 1. The molecule has 1 aromatic carbocycles. The van der Waals surface area contributed by atoms with E-state index in [0.29, 0.717) is 54.2 Å². The number of hydrogen-bond acceptors (Lipinski definition) is 10. The molecule has 0 aliphatic carbocycles. The van der Waals surface area contributed by atoms with Crippen molar-refractivity contribution in [3.8, 4) is 16.9 Å². The van der Waals surface area contributed by atoms with Crippen LogP contribution in [0.1, 0.15) is 17.7 Å². The highest BCUT2D eigenvalue weighted by molar-refractivity contribution is 7.17. The van der Waals surface area contributed by atoms with Crippen LogP contribution in [-0.4, -0.2) is 70.4 Å². The maximum absolute atomic E-state index is 12.8. The van der Waals surface area contributed by atoms with Crippen molar-refractivity contribution in [2.75, 3.05) is 49.6 Å². The first kappa shape index (κ1) is 26.8. The van der Waals surface area contributed by atoms with Gasteiger partial charge >= 0.3 is 0 Å². The van der Waals surface area contributed by atoms with Crippen molar-refractivity contribution in [3.05, 3.63) is 75.7 Å². The van der Waals surface area contributed by atoms with E-state index in [1.54, 1.807) is 16.9 Å². The molecule has 11 nitrogen and oxygen atoms in total. The monoisotopic (exact) mass is 586 g/mol. The number of likely N-dealkylation sites (tertiary alicyclic amines) is 1. The predicted octanol–water partition coefficient (Wildman–Crippen LogP) is 2.54. The lowest BCUT2D eigenvalue weighted by molar-refractivity contribution is -0.902. The third-order valence-corrected chi connectivity index (χ3v) is 8.85. The third kappa shape index (κ3) is 5.41. The smallest absolute Gasteiger partial charge is 0.229 e. The average molecular weight is 587 g/mol. The van der Waals surface area contributed by atoms with Crippen LogP contribution < -0.4 is 20.5 Å². The van der Waals surface area contributed by atoms with E-state index in [9.17, 15) is 9.90 Å². The summed E-state index contributed by atoms with van der Waals surface area (Å²) in [5.41, 5.74) is 5.37. The summed E-state index contributed by atoms with van der Waals surface area (Å²) in [5.74, 6) is 1.72. The molecule has 3 N–H and O–H groups in total. The van der Waals surface area contributed by atoms with Crippen LogP contribution in [0.2, 0.25) is 0 Å². The van der Waals surface area contributed by atoms with E-state index >= 15 is 0 Å². The van der Waals surface area contributed by atoms with Crippen molar-refractivity contribution in [2.45, 2.75) is 26.0 Å². The zero-order chi connectivity index (χ0) is 28.6. The number of quaternary nitrogens is 1. The second-order valence-corrected chi connectivity index (χ2v) is 11.7. The Bertz CT molecular complexity index is 1770. The van der Waals surface area contributed by atoms with E-state index in [-0.39, 0.29) is 11.5 Å². The zero-order valence-corrected chi connectivity index (χ0v) is 24.1. The Morgan fingerprint density at radius 3 is 2.81 bits per heavy atom. The number of aliphatic hydroxyl groups excluding tert-OH is 1. The molecular weight excluding hydrogens is 554 g/mol. The first-order valence-electron chi connectivity index (χ1n) is 14.2. The van der Waals surface area contributed by atoms with Gasteiger partial charge in [0.15, 0.2) is 17.3 Å². The molecule has 6 heterocycles. The molecule has 2 aliphatic rings. The van der Waals surface area contributed by atoms with Crippen molar-refractivity contribution in [2.24, 2.45) is 0 Å². The number of ether oxygens (including phenoxy) is 1. The highest BCUT2D eigenvalue weighted by atomic mass is 32.1. The summed E-state index contributed by atoms with van der Waals surface area (Å²) in [7, 11) is 0. The highest BCUT2D eigenvalue weighted by Gasteiger charge is 2.25. The lowest BCUT2D eigenvalue weighted by Gasteiger charge is -2.27. The van der Waals surface area contributed by atoms with Crippen LogP contribution in [0.3, 0.4) is 0 Å². The minimum atomic E-state index is -0.210. The quantitative estimate of drug-likeness (QED) is 0.264. The molecule has 42 heavy (non-hydrogen) atoms. The fraction of sp³-hybridized carbons (Fsp3) is 0.333. The molecule has 2 fully saturated rings. The van der Waals surface area contributed by atoms with Gasteiger partial charge in [0.05, 0.1) is 25.5 Å². The topological polar surface area (TPSA) is 123 Å². The largest absolute Gasteiger partial charge is 0.439 e. The van der Waals surface area contributed by atoms with Crippen LogP contribution >= 0.6 is 11.3 Å². The van der Waals surface area contributed by atoms with E-state index in [1.807, 2.05) is 48.8 Å². The van der Waals surface area contributed by atoms with Gasteiger partial charge in [-0.3, -0.25) is 4.79 Å². The Labute approximate surface area is 246 Å². The molecule has 2 atom stereocenters. The predicted molar refractivity (Wildman–Crippen MR) is 161 cm³/mol. The fourth-order valence-electron chi connectivity index (χ4n) is 5.59. The fourth-order valence-corrected chi connectivity index (χ4v) is 6.51. The van der Waals surface area contributed by atoms with E-state index in [0.717, 1.165) is 54.1 Å². The Balaban J connectivity index is 1.08. The SMILES string of the molecule is Cc1nn(-c2ccnc(Nc3ccc(-c4csc5c(=O)cc(N6CCOCC6)oc45)cc3)n2)cc1C[NH+]1CCC(O)C1. The number of thiophene rings is 1. The van der Waals surface area contributed by atoms with Crippen molar-refractivity contribution in [1.82, 2.24) is 19.7 Å². The molecule has 2 unspecified atom stereocenters. The van der Waals surface area contributed by atoms with Gasteiger partial charge in [-0.25, -0.2) is 9.67 Å². The molecule has 216 valence electrons. The first-order valence-corrected chi connectivity index (χ1v) is 15.0. The second kappa shape index (κ2) is 11.3. The Hall–Kier alpha value is -4.10. The summed E-state index contributed by atoms with van der Waals surface area (Å²) >= 11 is 1.40. The molecule has 2 aliphatic heterocycles. The molecule has 5 aromatic rings. The van der Waals surface area contributed by atoms with Crippen LogP contribution in [-0.2, 0) is 11.3 Å². The van der Waals surface area contributed by atoms with Gasteiger partial charge in [-0.1, -0.05) is 12.1 Å². The minimum Gasteiger partial charge on any atom is -0.439 e.